The predicted octanol–water partition coefficient (Wildman–Crippen LogP) is 4.17. The molecule has 0 saturated carbocycles. The third-order valence-electron chi connectivity index (χ3n) is 6.06. The molecule has 1 saturated heterocycles. The largest absolute Gasteiger partial charge is 0.337 e. The zero-order chi connectivity index (χ0) is 22.5. The van der Waals surface area contributed by atoms with E-state index in [0.717, 1.165) is 42.1 Å². The van der Waals surface area contributed by atoms with Gasteiger partial charge in [0.05, 0.1) is 11.4 Å². The molecule has 0 N–H and O–H groups in total. The van der Waals surface area contributed by atoms with Crippen molar-refractivity contribution in [2.45, 2.75) is 19.5 Å². The van der Waals surface area contributed by atoms with Gasteiger partial charge in [0.1, 0.15) is 0 Å². The number of carbonyl (C=O) groups is 1. The molecule has 5 rings (SSSR count). The SMILES string of the molecule is O=C1CCN(Cc2cn(-c3ccccc3)nc2-c2ccccc2)CCN1Cc1ccncc1. The van der Waals surface area contributed by atoms with Gasteiger partial charge in [-0.25, -0.2) is 4.68 Å². The van der Waals surface area contributed by atoms with Crippen molar-refractivity contribution in [1.29, 1.82) is 0 Å². The van der Waals surface area contributed by atoms with Crippen LogP contribution in [-0.2, 0) is 17.9 Å². The van der Waals surface area contributed by atoms with Gasteiger partial charge in [-0.2, -0.15) is 5.10 Å². The Morgan fingerprint density at radius 1 is 0.788 bits per heavy atom. The summed E-state index contributed by atoms with van der Waals surface area (Å²) in [6, 6.07) is 24.4. The van der Waals surface area contributed by atoms with Gasteiger partial charge in [-0.05, 0) is 29.8 Å². The number of amides is 1. The minimum Gasteiger partial charge on any atom is -0.337 e. The van der Waals surface area contributed by atoms with E-state index in [1.54, 1.807) is 12.4 Å². The first-order valence-electron chi connectivity index (χ1n) is 11.3. The lowest BCUT2D eigenvalue weighted by Crippen LogP contribution is -2.32. The van der Waals surface area contributed by atoms with E-state index >= 15 is 0 Å². The normalized spacial score (nSPS) is 14.9. The molecule has 0 atom stereocenters. The lowest BCUT2D eigenvalue weighted by molar-refractivity contribution is -0.130. The Hall–Kier alpha value is -3.77. The summed E-state index contributed by atoms with van der Waals surface area (Å²) in [5, 5.41) is 4.93. The van der Waals surface area contributed by atoms with Crippen LogP contribution in [0.15, 0.2) is 91.4 Å². The highest BCUT2D eigenvalue weighted by atomic mass is 16.2. The highest BCUT2D eigenvalue weighted by Gasteiger charge is 2.23. The highest BCUT2D eigenvalue weighted by Crippen LogP contribution is 2.25. The first-order chi connectivity index (χ1) is 16.3. The molecule has 1 fully saturated rings. The summed E-state index contributed by atoms with van der Waals surface area (Å²) in [5.74, 6) is 0.206. The third-order valence-corrected chi connectivity index (χ3v) is 6.06. The van der Waals surface area contributed by atoms with Crippen molar-refractivity contribution >= 4 is 5.91 Å². The van der Waals surface area contributed by atoms with Gasteiger partial charge in [0, 0.05) is 68.9 Å². The third kappa shape index (κ3) is 5.02. The lowest BCUT2D eigenvalue weighted by atomic mass is 10.1. The van der Waals surface area contributed by atoms with Crippen molar-refractivity contribution in [1.82, 2.24) is 24.6 Å². The monoisotopic (exact) mass is 437 g/mol. The molecule has 0 bridgehead atoms. The molecule has 0 spiro atoms. The Kier molecular flexibility index (Phi) is 6.26. The van der Waals surface area contributed by atoms with Gasteiger partial charge in [-0.3, -0.25) is 14.7 Å². The van der Waals surface area contributed by atoms with Gasteiger partial charge in [0.2, 0.25) is 5.91 Å². The zero-order valence-electron chi connectivity index (χ0n) is 18.5. The Bertz CT molecular complexity index is 1190. The van der Waals surface area contributed by atoms with Crippen LogP contribution in [-0.4, -0.2) is 50.1 Å². The van der Waals surface area contributed by atoms with Crippen molar-refractivity contribution < 1.29 is 4.79 Å². The maximum atomic E-state index is 12.8. The number of aromatic nitrogens is 3. The van der Waals surface area contributed by atoms with Gasteiger partial charge in [-0.1, -0.05) is 48.5 Å². The second-order valence-electron chi connectivity index (χ2n) is 8.35. The highest BCUT2D eigenvalue weighted by molar-refractivity contribution is 5.76. The molecular formula is C27H27N5O. The van der Waals surface area contributed by atoms with Crippen LogP contribution in [0.4, 0.5) is 0 Å². The number of hydrogen-bond acceptors (Lipinski definition) is 4. The van der Waals surface area contributed by atoms with Gasteiger partial charge in [0.25, 0.3) is 0 Å². The molecule has 4 aromatic rings. The molecule has 0 radical (unpaired) electrons. The number of rotatable bonds is 6. The lowest BCUT2D eigenvalue weighted by Gasteiger charge is -2.22. The molecule has 6 heteroatoms. The minimum absolute atomic E-state index is 0.206. The van der Waals surface area contributed by atoms with Gasteiger partial charge < -0.3 is 4.90 Å². The van der Waals surface area contributed by atoms with Crippen LogP contribution in [0, 0.1) is 0 Å². The molecule has 1 amide bonds. The average molecular weight is 438 g/mol. The molecular weight excluding hydrogens is 410 g/mol. The summed E-state index contributed by atoms with van der Waals surface area (Å²) in [7, 11) is 0. The predicted molar refractivity (Wildman–Crippen MR) is 129 cm³/mol. The molecule has 0 aliphatic carbocycles. The van der Waals surface area contributed by atoms with Crippen LogP contribution in [0.2, 0.25) is 0 Å². The smallest absolute Gasteiger partial charge is 0.224 e. The molecule has 2 aromatic heterocycles. The Labute approximate surface area is 194 Å². The molecule has 0 unspecified atom stereocenters. The number of hydrogen-bond donors (Lipinski definition) is 0. The van der Waals surface area contributed by atoms with E-state index in [9.17, 15) is 4.79 Å². The minimum atomic E-state index is 0.206. The van der Waals surface area contributed by atoms with Gasteiger partial charge >= 0.3 is 0 Å². The van der Waals surface area contributed by atoms with E-state index in [2.05, 4.69) is 40.3 Å². The fourth-order valence-corrected chi connectivity index (χ4v) is 4.26. The zero-order valence-corrected chi connectivity index (χ0v) is 18.5. The van der Waals surface area contributed by atoms with Crippen LogP contribution in [0.1, 0.15) is 17.5 Å². The summed E-state index contributed by atoms with van der Waals surface area (Å²) >= 11 is 0. The number of para-hydroxylation sites is 1. The maximum Gasteiger partial charge on any atom is 0.224 e. The number of nitrogens with zero attached hydrogens (tertiary/aromatic N) is 5. The molecule has 3 heterocycles. The fourth-order valence-electron chi connectivity index (χ4n) is 4.26. The van der Waals surface area contributed by atoms with Crippen LogP contribution in [0.25, 0.3) is 16.9 Å². The number of benzene rings is 2. The van der Waals surface area contributed by atoms with E-state index in [-0.39, 0.29) is 5.91 Å². The molecule has 1 aliphatic heterocycles. The summed E-state index contributed by atoms with van der Waals surface area (Å²) in [6.07, 6.45) is 6.20. The molecule has 6 nitrogen and oxygen atoms in total. The number of pyridine rings is 1. The van der Waals surface area contributed by atoms with Crippen molar-refractivity contribution in [3.63, 3.8) is 0 Å². The van der Waals surface area contributed by atoms with Crippen molar-refractivity contribution in [2.24, 2.45) is 0 Å². The van der Waals surface area contributed by atoms with E-state index in [4.69, 9.17) is 5.10 Å². The fraction of sp³-hybridized carbons (Fsp3) is 0.222. The Balaban J connectivity index is 1.36. The van der Waals surface area contributed by atoms with Crippen LogP contribution in [0.3, 0.4) is 0 Å². The second kappa shape index (κ2) is 9.79. The molecule has 166 valence electrons. The molecule has 2 aromatic carbocycles. The summed E-state index contributed by atoms with van der Waals surface area (Å²) in [6.45, 7) is 3.69. The summed E-state index contributed by atoms with van der Waals surface area (Å²) in [5.41, 5.74) is 5.41. The Morgan fingerprint density at radius 2 is 1.52 bits per heavy atom. The van der Waals surface area contributed by atoms with Gasteiger partial charge in [-0.15, -0.1) is 0 Å². The number of carbonyl (C=O) groups excluding carboxylic acids is 1. The van der Waals surface area contributed by atoms with E-state index in [1.165, 1.54) is 5.56 Å². The van der Waals surface area contributed by atoms with E-state index < -0.39 is 0 Å². The van der Waals surface area contributed by atoms with Crippen LogP contribution in [0.5, 0.6) is 0 Å². The van der Waals surface area contributed by atoms with Crippen molar-refractivity contribution in [3.05, 3.63) is 103 Å². The van der Waals surface area contributed by atoms with Gasteiger partial charge in [0.15, 0.2) is 0 Å². The first-order valence-corrected chi connectivity index (χ1v) is 11.3. The first kappa shape index (κ1) is 21.1. The quantitative estimate of drug-likeness (QED) is 0.454. The van der Waals surface area contributed by atoms with Crippen molar-refractivity contribution in [2.75, 3.05) is 19.6 Å². The standard InChI is InChI=1S/C27H27N5O/c33-26-13-16-30(17-18-31(26)19-22-11-14-28-15-12-22)20-24-21-32(25-9-5-2-6-10-25)29-27(24)23-7-3-1-4-8-23/h1-12,14-15,21H,13,16-20H2. The van der Waals surface area contributed by atoms with Crippen molar-refractivity contribution in [3.8, 4) is 16.9 Å². The van der Waals surface area contributed by atoms with E-state index in [0.29, 0.717) is 19.5 Å². The second-order valence-corrected chi connectivity index (χ2v) is 8.35. The molecule has 1 aliphatic rings. The topological polar surface area (TPSA) is 54.3 Å². The Morgan fingerprint density at radius 3 is 2.27 bits per heavy atom. The maximum absolute atomic E-state index is 12.8. The summed E-state index contributed by atoms with van der Waals surface area (Å²) < 4.78 is 1.95. The van der Waals surface area contributed by atoms with Crippen LogP contribution < -0.4 is 0 Å². The van der Waals surface area contributed by atoms with Crippen LogP contribution >= 0.6 is 0 Å². The summed E-state index contributed by atoms with van der Waals surface area (Å²) in [4.78, 5) is 21.2. The van der Waals surface area contributed by atoms with E-state index in [1.807, 2.05) is 58.1 Å². The average Bonchev–Trinajstić information content (AvgIpc) is 3.22. The molecule has 33 heavy (non-hydrogen) atoms.